The molecule has 0 aromatic heterocycles. The number of hydrogen-bond acceptors (Lipinski definition) is 2. The Labute approximate surface area is 86.5 Å². The quantitative estimate of drug-likeness (QED) is 0.557. The minimum absolute atomic E-state index is 0.0753. The van der Waals surface area contributed by atoms with Gasteiger partial charge in [0.05, 0.1) is 9.73 Å². The summed E-state index contributed by atoms with van der Waals surface area (Å²) >= 11 is 7.51. The third-order valence-corrected chi connectivity index (χ3v) is 3.90. The lowest BCUT2D eigenvalue weighted by Gasteiger charge is -2.24. The maximum Gasteiger partial charge on any atom is 0.183 e. The van der Waals surface area contributed by atoms with Crippen LogP contribution in [0, 0.1) is 5.92 Å². The summed E-state index contributed by atoms with van der Waals surface area (Å²) in [6.45, 7) is 5.70. The lowest BCUT2D eigenvalue weighted by molar-refractivity contribution is -0.115. The maximum absolute atomic E-state index is 11.5. The van der Waals surface area contributed by atoms with Gasteiger partial charge in [0.25, 0.3) is 0 Å². The molecule has 1 aliphatic rings. The number of alkyl halides is 1. The fourth-order valence-corrected chi connectivity index (χ4v) is 2.19. The van der Waals surface area contributed by atoms with Crippen molar-refractivity contribution in [2.75, 3.05) is 0 Å². The van der Waals surface area contributed by atoms with Crippen molar-refractivity contribution < 1.29 is 4.79 Å². The second kappa shape index (κ2) is 3.79. The molecule has 1 rings (SSSR count). The van der Waals surface area contributed by atoms with Crippen LogP contribution in [0.25, 0.3) is 0 Å². The van der Waals surface area contributed by atoms with Crippen LogP contribution in [-0.2, 0) is 4.79 Å². The minimum atomic E-state index is -0.0753. The number of rotatable bonds is 1. The molecule has 0 saturated heterocycles. The van der Waals surface area contributed by atoms with Gasteiger partial charge in [-0.15, -0.1) is 12.6 Å². The van der Waals surface area contributed by atoms with Gasteiger partial charge in [-0.25, -0.2) is 0 Å². The summed E-state index contributed by atoms with van der Waals surface area (Å²) in [5.41, 5.74) is 0.964. The molecule has 0 N–H and O–H groups in total. The number of hydrogen-bond donors (Lipinski definition) is 1. The second-order valence-corrected chi connectivity index (χ2v) is 4.46. The van der Waals surface area contributed by atoms with Crippen molar-refractivity contribution in [3.05, 3.63) is 23.1 Å². The second-order valence-electron chi connectivity index (χ2n) is 3.03. The molecule has 0 saturated carbocycles. The number of carbonyl (C=O) groups excluding carboxylic acids is 1. The Kier molecular flexibility index (Phi) is 3.18. The average Bonchev–Trinajstić information content (AvgIpc) is 2.08. The van der Waals surface area contributed by atoms with Gasteiger partial charge in [0, 0.05) is 0 Å². The molecule has 0 radical (unpaired) electrons. The van der Waals surface area contributed by atoms with Crippen LogP contribution in [0.5, 0.6) is 0 Å². The van der Waals surface area contributed by atoms with Crippen LogP contribution in [0.4, 0.5) is 0 Å². The van der Waals surface area contributed by atoms with Crippen molar-refractivity contribution in [3.8, 4) is 0 Å². The molecular weight excluding hydrogens is 236 g/mol. The molecule has 2 atom stereocenters. The van der Waals surface area contributed by atoms with Gasteiger partial charge in [0.2, 0.25) is 0 Å². The first kappa shape index (κ1) is 10.1. The van der Waals surface area contributed by atoms with Gasteiger partial charge >= 0.3 is 0 Å². The molecule has 0 aliphatic heterocycles. The zero-order valence-corrected chi connectivity index (χ0v) is 9.36. The molecule has 0 amide bonds. The summed E-state index contributed by atoms with van der Waals surface area (Å²) in [4.78, 5) is 12.0. The number of halogens is 1. The topological polar surface area (TPSA) is 17.1 Å². The van der Waals surface area contributed by atoms with E-state index in [2.05, 4.69) is 35.1 Å². The fourth-order valence-electron chi connectivity index (χ4n) is 1.27. The lowest BCUT2D eigenvalue weighted by atomic mass is 9.89. The van der Waals surface area contributed by atoms with Crippen LogP contribution < -0.4 is 0 Å². The van der Waals surface area contributed by atoms with Crippen molar-refractivity contribution in [1.82, 2.24) is 0 Å². The molecule has 1 nitrogen and oxygen atoms in total. The van der Waals surface area contributed by atoms with Crippen LogP contribution >= 0.6 is 28.6 Å². The molecule has 0 fully saturated rings. The SMILES string of the molecule is C=CC1=C(S)C(=O)C(Br)C(C)C1. The number of Topliss-reactive ketones (excluding diaryl/α,β-unsaturated/α-hetero) is 1. The highest BCUT2D eigenvalue weighted by Gasteiger charge is 2.30. The van der Waals surface area contributed by atoms with Crippen molar-refractivity contribution in [2.24, 2.45) is 5.92 Å². The van der Waals surface area contributed by atoms with E-state index in [1.807, 2.05) is 6.92 Å². The molecule has 0 bridgehead atoms. The predicted molar refractivity (Wildman–Crippen MR) is 57.7 cm³/mol. The predicted octanol–water partition coefficient (Wildman–Crippen LogP) is 2.73. The van der Waals surface area contributed by atoms with E-state index >= 15 is 0 Å². The summed E-state index contributed by atoms with van der Waals surface area (Å²) in [6.07, 6.45) is 2.60. The van der Waals surface area contributed by atoms with E-state index in [9.17, 15) is 4.79 Å². The van der Waals surface area contributed by atoms with E-state index < -0.39 is 0 Å². The van der Waals surface area contributed by atoms with Crippen LogP contribution in [0.3, 0.4) is 0 Å². The van der Waals surface area contributed by atoms with Crippen LogP contribution in [0.2, 0.25) is 0 Å². The monoisotopic (exact) mass is 246 g/mol. The lowest BCUT2D eigenvalue weighted by Crippen LogP contribution is -2.27. The standard InChI is InChI=1S/C9H11BrOS/c1-3-6-4-5(2)7(10)8(11)9(6)12/h3,5,7,12H,1,4H2,2H3. The first-order valence-corrected chi connectivity index (χ1v) is 5.17. The molecule has 3 heteroatoms. The summed E-state index contributed by atoms with van der Waals surface area (Å²) < 4.78 is 0. The summed E-state index contributed by atoms with van der Waals surface area (Å²) in [6, 6.07) is 0. The van der Waals surface area contributed by atoms with E-state index in [0.717, 1.165) is 12.0 Å². The van der Waals surface area contributed by atoms with Gasteiger partial charge in [-0.05, 0) is 17.9 Å². The first-order valence-electron chi connectivity index (χ1n) is 3.80. The van der Waals surface area contributed by atoms with Gasteiger partial charge in [-0.3, -0.25) is 4.79 Å². The zero-order chi connectivity index (χ0) is 9.30. The van der Waals surface area contributed by atoms with Crippen molar-refractivity contribution in [2.45, 2.75) is 18.2 Å². The van der Waals surface area contributed by atoms with Gasteiger partial charge in [0.1, 0.15) is 0 Å². The summed E-state index contributed by atoms with van der Waals surface area (Å²) in [5.74, 6) is 0.411. The molecule has 0 aromatic carbocycles. The Bertz CT molecular complexity index is 257. The number of ketones is 1. The molecule has 2 unspecified atom stereocenters. The molecule has 0 aromatic rings. The maximum atomic E-state index is 11.5. The Morgan fingerprint density at radius 2 is 2.33 bits per heavy atom. The largest absolute Gasteiger partial charge is 0.292 e. The van der Waals surface area contributed by atoms with Crippen molar-refractivity contribution >= 4 is 34.3 Å². The van der Waals surface area contributed by atoms with Crippen molar-refractivity contribution in [3.63, 3.8) is 0 Å². The van der Waals surface area contributed by atoms with Gasteiger partial charge < -0.3 is 0 Å². The molecule has 1 aliphatic carbocycles. The Hall–Kier alpha value is -0.0200. The van der Waals surface area contributed by atoms with Gasteiger partial charge in [0.15, 0.2) is 5.78 Å². The van der Waals surface area contributed by atoms with E-state index in [1.54, 1.807) is 6.08 Å². The summed E-state index contributed by atoms with van der Waals surface area (Å²) in [5, 5.41) is 0. The first-order chi connectivity index (χ1) is 5.57. The van der Waals surface area contributed by atoms with E-state index in [0.29, 0.717) is 10.8 Å². The van der Waals surface area contributed by atoms with Gasteiger partial charge in [-0.1, -0.05) is 35.5 Å². The third kappa shape index (κ3) is 1.67. The average molecular weight is 247 g/mol. The van der Waals surface area contributed by atoms with Crippen LogP contribution in [0.15, 0.2) is 23.1 Å². The molecular formula is C9H11BrOS. The minimum Gasteiger partial charge on any atom is -0.292 e. The van der Waals surface area contributed by atoms with E-state index in [-0.39, 0.29) is 10.6 Å². The van der Waals surface area contributed by atoms with Gasteiger partial charge in [-0.2, -0.15) is 0 Å². The molecule has 0 heterocycles. The van der Waals surface area contributed by atoms with E-state index in [4.69, 9.17) is 0 Å². The zero-order valence-electron chi connectivity index (χ0n) is 6.88. The highest BCUT2D eigenvalue weighted by molar-refractivity contribution is 9.10. The highest BCUT2D eigenvalue weighted by atomic mass is 79.9. The Balaban J connectivity index is 3.03. The fraction of sp³-hybridized carbons (Fsp3) is 0.444. The molecule has 66 valence electrons. The van der Waals surface area contributed by atoms with Crippen molar-refractivity contribution in [1.29, 1.82) is 0 Å². The molecule has 12 heavy (non-hydrogen) atoms. The smallest absolute Gasteiger partial charge is 0.183 e. The van der Waals surface area contributed by atoms with E-state index in [1.165, 1.54) is 0 Å². The van der Waals surface area contributed by atoms with Crippen LogP contribution in [-0.4, -0.2) is 10.6 Å². The number of allylic oxidation sites excluding steroid dienone is 3. The Morgan fingerprint density at radius 3 is 2.83 bits per heavy atom. The third-order valence-electron chi connectivity index (χ3n) is 2.08. The number of carbonyl (C=O) groups is 1. The summed E-state index contributed by atoms with van der Waals surface area (Å²) in [7, 11) is 0. The highest BCUT2D eigenvalue weighted by Crippen LogP contribution is 2.33. The number of thiol groups is 1. The molecule has 0 spiro atoms. The Morgan fingerprint density at radius 1 is 1.75 bits per heavy atom. The normalized spacial score (nSPS) is 30.8. The van der Waals surface area contributed by atoms with Crippen LogP contribution in [0.1, 0.15) is 13.3 Å².